The van der Waals surface area contributed by atoms with E-state index in [0.717, 1.165) is 0 Å². The van der Waals surface area contributed by atoms with Gasteiger partial charge in [-0.1, -0.05) is 147 Å². The lowest BCUT2D eigenvalue weighted by Crippen LogP contribution is -2.16. The summed E-state index contributed by atoms with van der Waals surface area (Å²) < 4.78 is 0. The van der Waals surface area contributed by atoms with E-state index in [4.69, 9.17) is 0 Å². The van der Waals surface area contributed by atoms with Gasteiger partial charge in [-0.2, -0.15) is 0 Å². The molecule has 0 radical (unpaired) electrons. The van der Waals surface area contributed by atoms with Gasteiger partial charge >= 0.3 is 0 Å². The summed E-state index contributed by atoms with van der Waals surface area (Å²) in [5.41, 5.74) is 10.5. The Morgan fingerprint density at radius 2 is 0.674 bits per heavy atom. The van der Waals surface area contributed by atoms with E-state index >= 15 is 0 Å². The largest absolute Gasteiger partial charge is 0.0622 e. The van der Waals surface area contributed by atoms with Crippen LogP contribution in [0, 0.1) is 0 Å². The number of hydrogen-bond acceptors (Lipinski definition) is 0. The fraction of sp³-hybridized carbons (Fsp3) is 0.0698. The van der Waals surface area contributed by atoms with Crippen molar-refractivity contribution < 1.29 is 0 Å². The van der Waals surface area contributed by atoms with E-state index in [0.29, 0.717) is 0 Å². The molecule has 202 valence electrons. The van der Waals surface area contributed by atoms with Crippen molar-refractivity contribution in [1.82, 2.24) is 0 Å². The molecule has 0 fully saturated rings. The van der Waals surface area contributed by atoms with Crippen LogP contribution in [0.1, 0.15) is 25.0 Å². The van der Waals surface area contributed by atoms with E-state index in [1.807, 2.05) is 0 Å². The van der Waals surface area contributed by atoms with E-state index in [1.165, 1.54) is 87.6 Å². The Morgan fingerprint density at radius 1 is 0.302 bits per heavy atom. The first-order chi connectivity index (χ1) is 21.1. The lowest BCUT2D eigenvalue weighted by atomic mass is 9.77. The predicted molar refractivity (Wildman–Crippen MR) is 185 cm³/mol. The summed E-state index contributed by atoms with van der Waals surface area (Å²) in [6, 6.07) is 53.8. The lowest BCUT2D eigenvalue weighted by molar-refractivity contribution is 0.673. The van der Waals surface area contributed by atoms with Crippen LogP contribution in [-0.4, -0.2) is 0 Å². The third-order valence-corrected chi connectivity index (χ3v) is 9.77. The summed E-state index contributed by atoms with van der Waals surface area (Å²) in [4.78, 5) is 0. The minimum Gasteiger partial charge on any atom is -0.0622 e. The first-order valence-electron chi connectivity index (χ1n) is 15.2. The predicted octanol–water partition coefficient (Wildman–Crippen LogP) is 11.9. The Balaban J connectivity index is 1.43. The SMILES string of the molecule is CC1(C)c2c(c3ccccc3c3cc(-c4ccccc4)ccc23)-c2c1c1ccc(-c3ccccc3)cc1c1ccccc21. The van der Waals surface area contributed by atoms with Crippen molar-refractivity contribution in [2.24, 2.45) is 0 Å². The molecule has 0 unspecified atom stereocenters. The molecule has 8 aromatic rings. The van der Waals surface area contributed by atoms with E-state index in [1.54, 1.807) is 0 Å². The van der Waals surface area contributed by atoms with Crippen molar-refractivity contribution >= 4 is 43.1 Å². The van der Waals surface area contributed by atoms with Crippen LogP contribution in [0.3, 0.4) is 0 Å². The monoisotopic (exact) mass is 546 g/mol. The highest BCUT2D eigenvalue weighted by molar-refractivity contribution is 6.26. The maximum Gasteiger partial charge on any atom is 0.0171 e. The summed E-state index contributed by atoms with van der Waals surface area (Å²) >= 11 is 0. The molecule has 0 heterocycles. The molecule has 0 nitrogen and oxygen atoms in total. The molecule has 0 heteroatoms. The van der Waals surface area contributed by atoms with Gasteiger partial charge in [0.2, 0.25) is 0 Å². The molecule has 0 aromatic heterocycles. The average Bonchev–Trinajstić information content (AvgIpc) is 3.33. The minimum atomic E-state index is -0.183. The molecule has 0 aliphatic heterocycles. The van der Waals surface area contributed by atoms with E-state index in [9.17, 15) is 0 Å². The van der Waals surface area contributed by atoms with Gasteiger partial charge in [-0.15, -0.1) is 0 Å². The molecule has 8 aromatic carbocycles. The average molecular weight is 547 g/mol. The third-order valence-electron chi connectivity index (χ3n) is 9.77. The van der Waals surface area contributed by atoms with E-state index in [-0.39, 0.29) is 5.41 Å². The van der Waals surface area contributed by atoms with Crippen LogP contribution < -0.4 is 0 Å². The Bertz CT molecular complexity index is 2220. The highest BCUT2D eigenvalue weighted by Crippen LogP contribution is 2.59. The molecule has 1 aliphatic rings. The fourth-order valence-electron chi connectivity index (χ4n) is 7.94. The first kappa shape index (κ1) is 24.4. The van der Waals surface area contributed by atoms with Crippen molar-refractivity contribution in [2.75, 3.05) is 0 Å². The number of benzene rings is 8. The topological polar surface area (TPSA) is 0 Å². The molecular formula is C43H30. The molecule has 0 saturated heterocycles. The van der Waals surface area contributed by atoms with Crippen molar-refractivity contribution in [3.63, 3.8) is 0 Å². The number of rotatable bonds is 2. The maximum absolute atomic E-state index is 2.44. The zero-order valence-corrected chi connectivity index (χ0v) is 24.4. The number of hydrogen-bond donors (Lipinski definition) is 0. The highest BCUT2D eigenvalue weighted by atomic mass is 14.4. The molecular weight excluding hydrogens is 516 g/mol. The van der Waals surface area contributed by atoms with Crippen LogP contribution in [0.25, 0.3) is 76.5 Å². The van der Waals surface area contributed by atoms with E-state index in [2.05, 4.69) is 159 Å². The van der Waals surface area contributed by atoms with Gasteiger partial charge in [0, 0.05) is 5.41 Å². The van der Waals surface area contributed by atoms with Crippen LogP contribution in [0.2, 0.25) is 0 Å². The summed E-state index contributed by atoms with van der Waals surface area (Å²) in [6.45, 7) is 4.88. The first-order valence-corrected chi connectivity index (χ1v) is 15.2. The third kappa shape index (κ3) is 3.38. The summed E-state index contributed by atoms with van der Waals surface area (Å²) in [5, 5.41) is 10.7. The quantitative estimate of drug-likeness (QED) is 0.189. The van der Waals surface area contributed by atoms with Gasteiger partial charge in [0.05, 0.1) is 0 Å². The zero-order chi connectivity index (χ0) is 28.7. The Hall–Kier alpha value is -5.20. The van der Waals surface area contributed by atoms with Crippen LogP contribution in [0.15, 0.2) is 146 Å². The van der Waals surface area contributed by atoms with Crippen LogP contribution in [0.4, 0.5) is 0 Å². The van der Waals surface area contributed by atoms with Crippen molar-refractivity contribution in [1.29, 1.82) is 0 Å². The second-order valence-electron chi connectivity index (χ2n) is 12.5. The number of fused-ring (bicyclic) bond motifs is 13. The smallest absolute Gasteiger partial charge is 0.0171 e. The molecule has 0 amide bonds. The van der Waals surface area contributed by atoms with Gasteiger partial charge in [0.15, 0.2) is 0 Å². The van der Waals surface area contributed by atoms with Gasteiger partial charge in [0.1, 0.15) is 0 Å². The van der Waals surface area contributed by atoms with Crippen LogP contribution in [-0.2, 0) is 5.41 Å². The molecule has 43 heavy (non-hydrogen) atoms. The summed E-state index contributed by atoms with van der Waals surface area (Å²) in [7, 11) is 0. The molecule has 1 aliphatic carbocycles. The van der Waals surface area contributed by atoms with Crippen molar-refractivity contribution in [2.45, 2.75) is 19.3 Å². The summed E-state index contributed by atoms with van der Waals surface area (Å²) in [5.74, 6) is 0. The molecule has 0 bridgehead atoms. The second-order valence-corrected chi connectivity index (χ2v) is 12.5. The molecule has 0 spiro atoms. The summed E-state index contributed by atoms with van der Waals surface area (Å²) in [6.07, 6.45) is 0. The Kier molecular flexibility index (Phi) is 5.05. The van der Waals surface area contributed by atoms with Crippen molar-refractivity contribution in [3.8, 4) is 33.4 Å². The van der Waals surface area contributed by atoms with Crippen LogP contribution in [0.5, 0.6) is 0 Å². The maximum atomic E-state index is 2.44. The molecule has 0 saturated carbocycles. The normalized spacial score (nSPS) is 13.5. The van der Waals surface area contributed by atoms with E-state index < -0.39 is 0 Å². The highest BCUT2D eigenvalue weighted by Gasteiger charge is 2.41. The van der Waals surface area contributed by atoms with Gasteiger partial charge in [0.25, 0.3) is 0 Å². The zero-order valence-electron chi connectivity index (χ0n) is 24.4. The van der Waals surface area contributed by atoms with Crippen molar-refractivity contribution in [3.05, 3.63) is 157 Å². The molecule has 0 N–H and O–H groups in total. The lowest BCUT2D eigenvalue weighted by Gasteiger charge is -2.26. The van der Waals surface area contributed by atoms with Gasteiger partial charge < -0.3 is 0 Å². The van der Waals surface area contributed by atoms with Crippen LogP contribution >= 0.6 is 0 Å². The molecule has 0 atom stereocenters. The minimum absolute atomic E-state index is 0.183. The second kappa shape index (κ2) is 8.90. The Morgan fingerprint density at radius 3 is 1.09 bits per heavy atom. The Labute approximate surface area is 251 Å². The van der Waals surface area contributed by atoms with Gasteiger partial charge in [-0.3, -0.25) is 0 Å². The van der Waals surface area contributed by atoms with Gasteiger partial charge in [-0.05, 0) is 99.7 Å². The molecule has 9 rings (SSSR count). The van der Waals surface area contributed by atoms with Gasteiger partial charge in [-0.25, -0.2) is 0 Å². The fourth-order valence-corrected chi connectivity index (χ4v) is 7.94. The standard InChI is InChI=1S/C43H30/c1-43(2)41-35-23-21-29(27-13-5-3-6-14-27)25-37(35)31-17-9-11-19-33(31)39(41)40-34-20-12-10-18-32(34)38-26-30(22-24-36(38)42(40)43)28-15-7-4-8-16-28/h3-26H,1-2H3.